The number of carboxylic acids is 1. The maximum Gasteiger partial charge on any atom is 0.340 e. The van der Waals surface area contributed by atoms with Crippen LogP contribution in [0.2, 0.25) is 0 Å². The topological polar surface area (TPSA) is 78.0 Å². The summed E-state index contributed by atoms with van der Waals surface area (Å²) in [4.78, 5) is 18.4. The van der Waals surface area contributed by atoms with E-state index in [1.54, 1.807) is 30.6 Å². The zero-order valence-electron chi connectivity index (χ0n) is 9.92. The van der Waals surface area contributed by atoms with Gasteiger partial charge in [0.05, 0.1) is 0 Å². The summed E-state index contributed by atoms with van der Waals surface area (Å²) in [7, 11) is 0. The molecule has 19 heavy (non-hydrogen) atoms. The number of benzene rings is 1. The Morgan fingerprint density at radius 3 is 2.63 bits per heavy atom. The van der Waals surface area contributed by atoms with Crippen LogP contribution in [0.5, 0.6) is 0 Å². The Kier molecular flexibility index (Phi) is 2.64. The van der Waals surface area contributed by atoms with Crippen LogP contribution < -0.4 is 5.32 Å². The van der Waals surface area contributed by atoms with Gasteiger partial charge in [-0.15, -0.1) is 0 Å². The fourth-order valence-electron chi connectivity index (χ4n) is 2.04. The van der Waals surface area contributed by atoms with Crippen molar-refractivity contribution in [1.82, 2.24) is 9.97 Å². The summed E-state index contributed by atoms with van der Waals surface area (Å²) in [5, 5.41) is 13.1. The normalized spacial score (nSPS) is 10.5. The van der Waals surface area contributed by atoms with Crippen molar-refractivity contribution in [2.24, 2.45) is 0 Å². The summed E-state index contributed by atoms with van der Waals surface area (Å²) < 4.78 is 0. The molecule has 0 amide bonds. The van der Waals surface area contributed by atoms with Crippen LogP contribution in [0.15, 0.2) is 48.8 Å². The molecule has 3 N–H and O–H groups in total. The van der Waals surface area contributed by atoms with Gasteiger partial charge in [-0.1, -0.05) is 18.2 Å². The van der Waals surface area contributed by atoms with E-state index in [-0.39, 0.29) is 5.56 Å². The summed E-state index contributed by atoms with van der Waals surface area (Å²) in [6, 6.07) is 10.9. The van der Waals surface area contributed by atoms with Crippen LogP contribution in [0.3, 0.4) is 0 Å². The number of aromatic nitrogens is 2. The third-order valence-electron chi connectivity index (χ3n) is 2.87. The van der Waals surface area contributed by atoms with Crippen molar-refractivity contribution in [3.63, 3.8) is 0 Å². The highest BCUT2D eigenvalue weighted by Crippen LogP contribution is 2.28. The average Bonchev–Trinajstić information content (AvgIpc) is 2.77. The highest BCUT2D eigenvalue weighted by atomic mass is 16.4. The zero-order chi connectivity index (χ0) is 13.2. The van der Waals surface area contributed by atoms with Gasteiger partial charge in [-0.05, 0) is 18.2 Å². The molecule has 2 aromatic heterocycles. The number of pyridine rings is 1. The van der Waals surface area contributed by atoms with E-state index in [1.807, 2.05) is 18.2 Å². The summed E-state index contributed by atoms with van der Waals surface area (Å²) in [5.41, 5.74) is 1.81. The number of aromatic amines is 1. The zero-order valence-corrected chi connectivity index (χ0v) is 9.92. The smallest absolute Gasteiger partial charge is 0.340 e. The van der Waals surface area contributed by atoms with Gasteiger partial charge in [-0.3, -0.25) is 4.98 Å². The summed E-state index contributed by atoms with van der Waals surface area (Å²) >= 11 is 0. The van der Waals surface area contributed by atoms with E-state index in [0.717, 1.165) is 11.2 Å². The molecule has 1 aromatic carbocycles. The number of hydrogen-bond acceptors (Lipinski definition) is 3. The first-order chi connectivity index (χ1) is 9.25. The first-order valence-corrected chi connectivity index (χ1v) is 5.77. The molecule has 0 aliphatic carbocycles. The molecule has 0 unspecified atom stereocenters. The van der Waals surface area contributed by atoms with Crippen LogP contribution >= 0.6 is 0 Å². The lowest BCUT2D eigenvalue weighted by Crippen LogP contribution is -2.01. The summed E-state index contributed by atoms with van der Waals surface area (Å²) in [5.74, 6) is -0.492. The standard InChI is InChI=1S/C14H11N3O2/c18-14(19)12-10-3-1-2-4-11(10)17-13(12)16-9-5-7-15-8-6-9/h1-8,17H,(H,15,16)(H,18,19). The van der Waals surface area contributed by atoms with E-state index in [0.29, 0.717) is 11.2 Å². The molecule has 5 heteroatoms. The van der Waals surface area contributed by atoms with Gasteiger partial charge in [-0.25, -0.2) is 4.79 Å². The van der Waals surface area contributed by atoms with E-state index >= 15 is 0 Å². The van der Waals surface area contributed by atoms with E-state index < -0.39 is 5.97 Å². The van der Waals surface area contributed by atoms with E-state index in [9.17, 15) is 9.90 Å². The highest BCUT2D eigenvalue weighted by molar-refractivity contribution is 6.09. The van der Waals surface area contributed by atoms with Crippen molar-refractivity contribution >= 4 is 28.4 Å². The summed E-state index contributed by atoms with van der Waals surface area (Å²) in [6.07, 6.45) is 3.29. The number of para-hydroxylation sites is 1. The van der Waals surface area contributed by atoms with Gasteiger partial charge < -0.3 is 15.4 Å². The molecule has 0 fully saturated rings. The number of aromatic carboxylic acids is 1. The molecular weight excluding hydrogens is 242 g/mol. The van der Waals surface area contributed by atoms with Crippen molar-refractivity contribution in [3.8, 4) is 0 Å². The first kappa shape index (κ1) is 11.3. The van der Waals surface area contributed by atoms with E-state index in [1.165, 1.54) is 0 Å². The van der Waals surface area contributed by atoms with Gasteiger partial charge in [0, 0.05) is 29.0 Å². The molecule has 0 spiro atoms. The van der Waals surface area contributed by atoms with Gasteiger partial charge in [0.25, 0.3) is 0 Å². The molecule has 3 aromatic rings. The molecule has 0 radical (unpaired) electrons. The Morgan fingerprint density at radius 1 is 1.16 bits per heavy atom. The Labute approximate surface area is 108 Å². The van der Waals surface area contributed by atoms with Crippen LogP contribution in [0.4, 0.5) is 11.5 Å². The van der Waals surface area contributed by atoms with Crippen LogP contribution in [-0.2, 0) is 0 Å². The molecule has 0 aliphatic rings. The second-order valence-electron chi connectivity index (χ2n) is 4.09. The van der Waals surface area contributed by atoms with Gasteiger partial charge in [0.15, 0.2) is 0 Å². The minimum atomic E-state index is -0.964. The molecule has 0 bridgehead atoms. The lowest BCUT2D eigenvalue weighted by atomic mass is 10.1. The predicted octanol–water partition coefficient (Wildman–Crippen LogP) is 3.00. The predicted molar refractivity (Wildman–Crippen MR) is 72.8 cm³/mol. The maximum atomic E-state index is 11.4. The number of nitrogens with zero attached hydrogens (tertiary/aromatic N) is 1. The third-order valence-corrected chi connectivity index (χ3v) is 2.87. The van der Waals surface area contributed by atoms with Crippen molar-refractivity contribution in [3.05, 3.63) is 54.4 Å². The third kappa shape index (κ3) is 2.01. The van der Waals surface area contributed by atoms with Crippen LogP contribution in [0, 0.1) is 0 Å². The van der Waals surface area contributed by atoms with Crippen molar-refractivity contribution < 1.29 is 9.90 Å². The average molecular weight is 253 g/mol. The van der Waals surface area contributed by atoms with Crippen molar-refractivity contribution in [2.75, 3.05) is 5.32 Å². The first-order valence-electron chi connectivity index (χ1n) is 5.77. The number of carboxylic acid groups (broad SMARTS) is 1. The number of hydrogen-bond donors (Lipinski definition) is 3. The Morgan fingerprint density at radius 2 is 1.89 bits per heavy atom. The second kappa shape index (κ2) is 4.45. The number of fused-ring (bicyclic) bond motifs is 1. The molecule has 0 saturated heterocycles. The lowest BCUT2D eigenvalue weighted by molar-refractivity contribution is 0.0700. The van der Waals surface area contributed by atoms with Crippen molar-refractivity contribution in [2.45, 2.75) is 0 Å². The van der Waals surface area contributed by atoms with Gasteiger partial charge >= 0.3 is 5.97 Å². The Balaban J connectivity index is 2.13. The Hall–Kier alpha value is -2.82. The van der Waals surface area contributed by atoms with E-state index in [4.69, 9.17) is 0 Å². The molecular formula is C14H11N3O2. The van der Waals surface area contributed by atoms with Crippen LogP contribution in [0.1, 0.15) is 10.4 Å². The lowest BCUT2D eigenvalue weighted by Gasteiger charge is -2.04. The van der Waals surface area contributed by atoms with Crippen LogP contribution in [-0.4, -0.2) is 21.0 Å². The molecule has 2 heterocycles. The molecule has 0 saturated carbocycles. The molecule has 94 valence electrons. The molecule has 0 aliphatic heterocycles. The van der Waals surface area contributed by atoms with Gasteiger partial charge in [0.1, 0.15) is 11.4 Å². The van der Waals surface area contributed by atoms with E-state index in [2.05, 4.69) is 15.3 Å². The monoisotopic (exact) mass is 253 g/mol. The van der Waals surface area contributed by atoms with Gasteiger partial charge in [-0.2, -0.15) is 0 Å². The fraction of sp³-hybridized carbons (Fsp3) is 0. The SMILES string of the molecule is O=C(O)c1c(Nc2ccncc2)[nH]c2ccccc12. The van der Waals surface area contributed by atoms with Crippen molar-refractivity contribution in [1.29, 1.82) is 0 Å². The maximum absolute atomic E-state index is 11.4. The molecule has 3 rings (SSSR count). The Bertz CT molecular complexity index is 735. The largest absolute Gasteiger partial charge is 0.478 e. The minimum absolute atomic E-state index is 0.243. The number of carbonyl (C=O) groups is 1. The second-order valence-corrected chi connectivity index (χ2v) is 4.09. The van der Waals surface area contributed by atoms with Crippen LogP contribution in [0.25, 0.3) is 10.9 Å². The number of H-pyrrole nitrogens is 1. The quantitative estimate of drug-likeness (QED) is 0.670. The number of rotatable bonds is 3. The summed E-state index contributed by atoms with van der Waals surface area (Å²) in [6.45, 7) is 0. The molecule has 0 atom stereocenters. The number of nitrogens with one attached hydrogen (secondary N) is 2. The van der Waals surface area contributed by atoms with Gasteiger partial charge in [0.2, 0.25) is 0 Å². The fourth-order valence-corrected chi connectivity index (χ4v) is 2.04. The minimum Gasteiger partial charge on any atom is -0.478 e. The highest BCUT2D eigenvalue weighted by Gasteiger charge is 2.17. The molecule has 5 nitrogen and oxygen atoms in total. The number of anilines is 2.